The van der Waals surface area contributed by atoms with Gasteiger partial charge in [-0.15, -0.1) is 0 Å². The van der Waals surface area contributed by atoms with Crippen molar-refractivity contribution in [2.24, 2.45) is 4.99 Å². The lowest BCUT2D eigenvalue weighted by molar-refractivity contribution is 0.0697. The van der Waals surface area contributed by atoms with E-state index in [1.165, 1.54) is 0 Å². The van der Waals surface area contributed by atoms with Gasteiger partial charge in [-0.05, 0) is 28.8 Å². The Hall–Kier alpha value is -3.73. The van der Waals surface area contributed by atoms with E-state index in [1.54, 1.807) is 24.3 Å². The summed E-state index contributed by atoms with van der Waals surface area (Å²) in [4.78, 5) is 27.9. The summed E-state index contributed by atoms with van der Waals surface area (Å²) in [5.74, 6) is -1.18. The minimum Gasteiger partial charge on any atom is -0.478 e. The first-order valence-corrected chi connectivity index (χ1v) is 8.96. The van der Waals surface area contributed by atoms with Crippen LogP contribution in [0.3, 0.4) is 0 Å². The molecule has 0 spiro atoms. The summed E-state index contributed by atoms with van der Waals surface area (Å²) < 4.78 is 0. The van der Waals surface area contributed by atoms with Crippen LogP contribution in [0.5, 0.6) is 0 Å². The SMILES string of the molecule is O=C1N=C(c2ccccc2)C(c2ccccc2)C(c2ccc(C(=O)O)cc2)N1. The molecule has 138 valence electrons. The standard InChI is InChI=1S/C23H18N2O3/c26-22(27)18-13-11-17(12-14-18)21-19(15-7-3-1-4-8-15)20(24-23(28)25-21)16-9-5-2-6-10-16/h1-14,19,21H,(H,25,28)(H,26,27). The predicted molar refractivity (Wildman–Crippen MR) is 107 cm³/mol. The van der Waals surface area contributed by atoms with E-state index in [0.717, 1.165) is 16.7 Å². The van der Waals surface area contributed by atoms with Crippen LogP contribution in [-0.4, -0.2) is 22.8 Å². The number of aromatic carboxylic acids is 1. The molecule has 0 aliphatic carbocycles. The van der Waals surface area contributed by atoms with E-state index in [9.17, 15) is 9.59 Å². The van der Waals surface area contributed by atoms with Crippen LogP contribution in [0.2, 0.25) is 0 Å². The van der Waals surface area contributed by atoms with Gasteiger partial charge in [-0.3, -0.25) is 0 Å². The van der Waals surface area contributed by atoms with E-state index in [4.69, 9.17) is 5.11 Å². The highest BCUT2D eigenvalue weighted by atomic mass is 16.4. The fourth-order valence-corrected chi connectivity index (χ4v) is 3.56. The Morgan fingerprint density at radius 1 is 0.821 bits per heavy atom. The molecule has 5 nitrogen and oxygen atoms in total. The lowest BCUT2D eigenvalue weighted by Crippen LogP contribution is -2.40. The Bertz CT molecular complexity index is 1030. The number of hydrogen-bond acceptors (Lipinski definition) is 2. The summed E-state index contributed by atoms with van der Waals surface area (Å²) in [6, 6.07) is 25.4. The van der Waals surface area contributed by atoms with Gasteiger partial charge in [0, 0.05) is 0 Å². The molecule has 0 bridgehead atoms. The maximum Gasteiger partial charge on any atom is 0.341 e. The van der Waals surface area contributed by atoms with Crippen molar-refractivity contribution in [3.05, 3.63) is 107 Å². The number of carbonyl (C=O) groups excluding carboxylic acids is 1. The molecule has 2 unspecified atom stereocenters. The maximum absolute atomic E-state index is 12.4. The number of nitrogens with one attached hydrogen (secondary N) is 1. The Morgan fingerprint density at radius 2 is 1.43 bits per heavy atom. The van der Waals surface area contributed by atoms with Crippen molar-refractivity contribution in [3.8, 4) is 0 Å². The molecule has 0 fully saturated rings. The molecule has 3 aromatic rings. The summed E-state index contributed by atoms with van der Waals surface area (Å²) in [6.45, 7) is 0. The van der Waals surface area contributed by atoms with Crippen molar-refractivity contribution in [1.82, 2.24) is 5.32 Å². The lowest BCUT2D eigenvalue weighted by Gasteiger charge is -2.33. The zero-order valence-corrected chi connectivity index (χ0v) is 14.9. The molecule has 1 heterocycles. The summed E-state index contributed by atoms with van der Waals surface area (Å²) >= 11 is 0. The first-order valence-electron chi connectivity index (χ1n) is 8.96. The largest absolute Gasteiger partial charge is 0.478 e. The second-order valence-electron chi connectivity index (χ2n) is 6.61. The number of nitrogens with zero attached hydrogens (tertiary/aromatic N) is 1. The minimum absolute atomic E-state index is 0.197. The highest BCUT2D eigenvalue weighted by molar-refractivity contribution is 6.12. The molecule has 1 aliphatic rings. The van der Waals surface area contributed by atoms with Gasteiger partial charge >= 0.3 is 12.0 Å². The van der Waals surface area contributed by atoms with E-state index in [1.807, 2.05) is 60.7 Å². The Balaban J connectivity index is 1.84. The molecule has 0 aromatic heterocycles. The molecular weight excluding hydrogens is 352 g/mol. The van der Waals surface area contributed by atoms with Gasteiger partial charge in [-0.1, -0.05) is 72.8 Å². The molecule has 2 atom stereocenters. The molecule has 5 heteroatoms. The van der Waals surface area contributed by atoms with E-state index in [2.05, 4.69) is 10.3 Å². The van der Waals surface area contributed by atoms with Crippen molar-refractivity contribution < 1.29 is 14.7 Å². The van der Waals surface area contributed by atoms with Crippen molar-refractivity contribution in [2.45, 2.75) is 12.0 Å². The van der Waals surface area contributed by atoms with Crippen LogP contribution in [0, 0.1) is 0 Å². The van der Waals surface area contributed by atoms with Crippen molar-refractivity contribution in [2.75, 3.05) is 0 Å². The average molecular weight is 370 g/mol. The smallest absolute Gasteiger partial charge is 0.341 e. The normalized spacial score (nSPS) is 18.9. The van der Waals surface area contributed by atoms with Gasteiger partial charge in [0.25, 0.3) is 0 Å². The molecule has 0 radical (unpaired) electrons. The van der Waals surface area contributed by atoms with Gasteiger partial charge in [0.2, 0.25) is 0 Å². The molecule has 2 N–H and O–H groups in total. The Morgan fingerprint density at radius 3 is 2.04 bits per heavy atom. The van der Waals surface area contributed by atoms with Crippen LogP contribution in [0.4, 0.5) is 4.79 Å². The first-order chi connectivity index (χ1) is 13.6. The number of benzene rings is 3. The number of carboxylic acid groups (broad SMARTS) is 1. The maximum atomic E-state index is 12.4. The molecule has 3 aromatic carbocycles. The zero-order valence-electron chi connectivity index (χ0n) is 14.9. The average Bonchev–Trinajstić information content (AvgIpc) is 2.74. The molecule has 0 saturated heterocycles. The third kappa shape index (κ3) is 3.42. The lowest BCUT2D eigenvalue weighted by atomic mass is 9.80. The number of amides is 2. The first kappa shape index (κ1) is 17.7. The number of carboxylic acids is 1. The van der Waals surface area contributed by atoms with E-state index < -0.39 is 12.0 Å². The molecule has 0 saturated carbocycles. The van der Waals surface area contributed by atoms with Crippen LogP contribution < -0.4 is 5.32 Å². The third-order valence-electron chi connectivity index (χ3n) is 4.87. The second kappa shape index (κ2) is 7.48. The highest BCUT2D eigenvalue weighted by Crippen LogP contribution is 2.37. The van der Waals surface area contributed by atoms with Crippen LogP contribution in [-0.2, 0) is 0 Å². The van der Waals surface area contributed by atoms with Crippen LogP contribution in [0.15, 0.2) is 89.9 Å². The molecule has 2 amide bonds. The van der Waals surface area contributed by atoms with Crippen LogP contribution >= 0.6 is 0 Å². The van der Waals surface area contributed by atoms with Gasteiger partial charge in [0.1, 0.15) is 0 Å². The van der Waals surface area contributed by atoms with Crippen LogP contribution in [0.25, 0.3) is 0 Å². The van der Waals surface area contributed by atoms with E-state index >= 15 is 0 Å². The molecule has 1 aliphatic heterocycles. The quantitative estimate of drug-likeness (QED) is 0.713. The van der Waals surface area contributed by atoms with E-state index in [-0.39, 0.29) is 17.5 Å². The Labute approximate surface area is 162 Å². The van der Waals surface area contributed by atoms with Crippen molar-refractivity contribution in [1.29, 1.82) is 0 Å². The number of carbonyl (C=O) groups is 2. The second-order valence-corrected chi connectivity index (χ2v) is 6.61. The summed E-state index contributed by atoms with van der Waals surface area (Å²) in [5, 5.41) is 12.1. The highest BCUT2D eigenvalue weighted by Gasteiger charge is 2.35. The fourth-order valence-electron chi connectivity index (χ4n) is 3.56. The van der Waals surface area contributed by atoms with Gasteiger partial charge in [0.15, 0.2) is 0 Å². The van der Waals surface area contributed by atoms with Gasteiger partial charge in [-0.2, -0.15) is 4.99 Å². The summed E-state index contributed by atoms with van der Waals surface area (Å²) in [5.41, 5.74) is 3.65. The zero-order chi connectivity index (χ0) is 19.5. The number of hydrogen-bond donors (Lipinski definition) is 2. The predicted octanol–water partition coefficient (Wildman–Crippen LogP) is 4.42. The third-order valence-corrected chi connectivity index (χ3v) is 4.87. The van der Waals surface area contributed by atoms with Gasteiger partial charge in [0.05, 0.1) is 23.2 Å². The van der Waals surface area contributed by atoms with Crippen molar-refractivity contribution in [3.63, 3.8) is 0 Å². The monoisotopic (exact) mass is 370 g/mol. The minimum atomic E-state index is -0.981. The Kier molecular flexibility index (Phi) is 4.72. The van der Waals surface area contributed by atoms with Gasteiger partial charge < -0.3 is 10.4 Å². The fraction of sp³-hybridized carbons (Fsp3) is 0.0870. The molecule has 4 rings (SSSR count). The molecular formula is C23H18N2O3. The van der Waals surface area contributed by atoms with Crippen LogP contribution in [0.1, 0.15) is 39.0 Å². The summed E-state index contributed by atoms with van der Waals surface area (Å²) in [6.07, 6.45) is 0. The number of aliphatic imine (C=N–C) groups is 1. The molecule has 28 heavy (non-hydrogen) atoms. The van der Waals surface area contributed by atoms with Crippen molar-refractivity contribution >= 4 is 17.7 Å². The van der Waals surface area contributed by atoms with E-state index in [0.29, 0.717) is 5.71 Å². The number of urea groups is 1. The number of rotatable bonds is 4. The topological polar surface area (TPSA) is 78.8 Å². The summed E-state index contributed by atoms with van der Waals surface area (Å²) in [7, 11) is 0. The van der Waals surface area contributed by atoms with Gasteiger partial charge in [-0.25, -0.2) is 9.59 Å².